The average molecular weight is 333 g/mol. The molecule has 2 rings (SSSR count). The zero-order valence-electron chi connectivity index (χ0n) is 13.1. The summed E-state index contributed by atoms with van der Waals surface area (Å²) in [4.78, 5) is 23.3. The number of hydrogen-bond acceptors (Lipinski definition) is 5. The molecule has 2 amide bonds. The van der Waals surface area contributed by atoms with Gasteiger partial charge < -0.3 is 11.1 Å². The number of primary amides is 1. The summed E-state index contributed by atoms with van der Waals surface area (Å²) in [6.07, 6.45) is 2.61. The van der Waals surface area contributed by atoms with Crippen molar-refractivity contribution in [1.82, 2.24) is 20.3 Å². The van der Waals surface area contributed by atoms with Gasteiger partial charge in [0.15, 0.2) is 5.69 Å². The fraction of sp³-hybridized carbons (Fsp3) is 0.333. The van der Waals surface area contributed by atoms with E-state index in [1.807, 2.05) is 13.2 Å². The van der Waals surface area contributed by atoms with Gasteiger partial charge in [-0.25, -0.2) is 4.68 Å². The molecule has 7 nitrogen and oxygen atoms in total. The number of amides is 2. The fourth-order valence-corrected chi connectivity index (χ4v) is 2.54. The van der Waals surface area contributed by atoms with E-state index in [1.165, 1.54) is 0 Å². The van der Waals surface area contributed by atoms with Crippen LogP contribution in [0.1, 0.15) is 33.5 Å². The lowest BCUT2D eigenvalue weighted by molar-refractivity contribution is 0.0954. The lowest BCUT2D eigenvalue weighted by atomic mass is 10.2. The van der Waals surface area contributed by atoms with Crippen molar-refractivity contribution in [2.24, 2.45) is 5.73 Å². The first-order valence-corrected chi connectivity index (χ1v) is 8.59. The Bertz CT molecular complexity index is 696. The third kappa shape index (κ3) is 3.89. The molecule has 1 aromatic heterocycles. The lowest BCUT2D eigenvalue weighted by Crippen LogP contribution is -2.22. The van der Waals surface area contributed by atoms with Crippen LogP contribution < -0.4 is 11.1 Å². The summed E-state index contributed by atoms with van der Waals surface area (Å²) in [6.45, 7) is 2.44. The van der Waals surface area contributed by atoms with Crippen molar-refractivity contribution in [2.45, 2.75) is 13.3 Å². The molecule has 8 heteroatoms. The van der Waals surface area contributed by atoms with Crippen LogP contribution in [0.25, 0.3) is 5.69 Å². The smallest absolute Gasteiger partial charge is 0.271 e. The highest BCUT2D eigenvalue weighted by Crippen LogP contribution is 2.16. The van der Waals surface area contributed by atoms with Crippen molar-refractivity contribution in [3.8, 4) is 5.69 Å². The summed E-state index contributed by atoms with van der Waals surface area (Å²) < 4.78 is 1.60. The Balaban J connectivity index is 2.34. The Morgan fingerprint density at radius 2 is 2.00 bits per heavy atom. The molecule has 0 aliphatic heterocycles. The second-order valence-corrected chi connectivity index (χ2v) is 5.80. The molecule has 0 aliphatic rings. The molecule has 0 saturated carbocycles. The molecule has 0 radical (unpaired) electrons. The number of nitrogens with two attached hydrogens (primary N) is 1. The molecule has 23 heavy (non-hydrogen) atoms. The predicted molar refractivity (Wildman–Crippen MR) is 90.0 cm³/mol. The maximum atomic E-state index is 11.8. The van der Waals surface area contributed by atoms with E-state index >= 15 is 0 Å². The fourth-order valence-electron chi connectivity index (χ4n) is 2.14. The Morgan fingerprint density at radius 3 is 2.57 bits per heavy atom. The van der Waals surface area contributed by atoms with Crippen molar-refractivity contribution in [2.75, 3.05) is 18.6 Å². The molecule has 1 heterocycles. The molecule has 0 saturated heterocycles. The summed E-state index contributed by atoms with van der Waals surface area (Å²) >= 11 is 1.66. The second kappa shape index (κ2) is 7.77. The van der Waals surface area contributed by atoms with Gasteiger partial charge in [-0.15, -0.1) is 5.10 Å². The number of hydrogen-bond donors (Lipinski definition) is 2. The molecule has 0 fully saturated rings. The van der Waals surface area contributed by atoms with Crippen LogP contribution in [-0.2, 0) is 6.42 Å². The minimum absolute atomic E-state index is 0.127. The molecule has 0 unspecified atom stereocenters. The number of rotatable bonds is 7. The monoisotopic (exact) mass is 333 g/mol. The van der Waals surface area contributed by atoms with E-state index in [-0.39, 0.29) is 11.6 Å². The van der Waals surface area contributed by atoms with Crippen molar-refractivity contribution in [3.63, 3.8) is 0 Å². The molecule has 0 aliphatic carbocycles. The summed E-state index contributed by atoms with van der Waals surface area (Å²) in [5, 5.41) is 10.7. The van der Waals surface area contributed by atoms with Crippen LogP contribution in [0.4, 0.5) is 0 Å². The van der Waals surface area contributed by atoms with E-state index in [9.17, 15) is 9.59 Å². The topological polar surface area (TPSA) is 103 Å². The third-order valence-electron chi connectivity index (χ3n) is 3.25. The van der Waals surface area contributed by atoms with Crippen molar-refractivity contribution in [1.29, 1.82) is 0 Å². The van der Waals surface area contributed by atoms with E-state index in [4.69, 9.17) is 5.73 Å². The van der Waals surface area contributed by atoms with E-state index in [0.29, 0.717) is 24.2 Å². The molecule has 122 valence electrons. The molecule has 0 atom stereocenters. The summed E-state index contributed by atoms with van der Waals surface area (Å²) in [7, 11) is 0. The Labute approximate surface area is 138 Å². The van der Waals surface area contributed by atoms with E-state index < -0.39 is 5.91 Å². The van der Waals surface area contributed by atoms with Gasteiger partial charge in [0.25, 0.3) is 11.8 Å². The first kappa shape index (κ1) is 17.0. The lowest BCUT2D eigenvalue weighted by Gasteiger charge is -2.08. The predicted octanol–water partition coefficient (Wildman–Crippen LogP) is 1.02. The standard InChI is InChI=1S/C15H19N5O2S/c1-3-17-15(22)10-4-6-11(7-5-10)20-12(8-9-23-2)13(14(16)21)18-19-20/h4-7H,3,8-9H2,1-2H3,(H2,16,21)(H,17,22). The Morgan fingerprint density at radius 1 is 1.30 bits per heavy atom. The Kier molecular flexibility index (Phi) is 5.75. The van der Waals surface area contributed by atoms with Gasteiger partial charge in [-0.05, 0) is 43.2 Å². The molecular formula is C15H19N5O2S. The highest BCUT2D eigenvalue weighted by Gasteiger charge is 2.18. The number of aromatic nitrogens is 3. The van der Waals surface area contributed by atoms with E-state index in [0.717, 1.165) is 11.4 Å². The van der Waals surface area contributed by atoms with Gasteiger partial charge in [-0.2, -0.15) is 11.8 Å². The van der Waals surface area contributed by atoms with Crippen LogP contribution in [0.2, 0.25) is 0 Å². The molecule has 3 N–H and O–H groups in total. The highest BCUT2D eigenvalue weighted by atomic mass is 32.2. The quantitative estimate of drug-likeness (QED) is 0.787. The molecule has 0 bridgehead atoms. The maximum Gasteiger partial charge on any atom is 0.271 e. The van der Waals surface area contributed by atoms with Gasteiger partial charge in [-0.3, -0.25) is 9.59 Å². The molecular weight excluding hydrogens is 314 g/mol. The van der Waals surface area contributed by atoms with Gasteiger partial charge in [0.1, 0.15) is 0 Å². The van der Waals surface area contributed by atoms with Crippen LogP contribution in [0.3, 0.4) is 0 Å². The normalized spacial score (nSPS) is 10.5. The van der Waals surface area contributed by atoms with Crippen LogP contribution >= 0.6 is 11.8 Å². The third-order valence-corrected chi connectivity index (χ3v) is 3.86. The van der Waals surface area contributed by atoms with E-state index in [1.54, 1.807) is 40.7 Å². The summed E-state index contributed by atoms with van der Waals surface area (Å²) in [5.41, 5.74) is 7.52. The van der Waals surface area contributed by atoms with Crippen LogP contribution in [0.5, 0.6) is 0 Å². The average Bonchev–Trinajstić information content (AvgIpc) is 2.97. The second-order valence-electron chi connectivity index (χ2n) is 4.81. The first-order chi connectivity index (χ1) is 11.1. The van der Waals surface area contributed by atoms with Crippen LogP contribution in [-0.4, -0.2) is 45.4 Å². The molecule has 2 aromatic rings. The number of thioether (sulfide) groups is 1. The highest BCUT2D eigenvalue weighted by molar-refractivity contribution is 7.98. The van der Waals surface area contributed by atoms with Crippen molar-refractivity contribution >= 4 is 23.6 Å². The minimum atomic E-state index is -0.591. The van der Waals surface area contributed by atoms with Gasteiger partial charge in [0.05, 0.1) is 11.4 Å². The zero-order valence-corrected chi connectivity index (χ0v) is 13.9. The van der Waals surface area contributed by atoms with E-state index in [2.05, 4.69) is 15.6 Å². The largest absolute Gasteiger partial charge is 0.364 e. The maximum absolute atomic E-state index is 11.8. The SMILES string of the molecule is CCNC(=O)c1ccc(-n2nnc(C(N)=O)c2CCSC)cc1. The molecule has 0 spiro atoms. The molecule has 1 aromatic carbocycles. The van der Waals surface area contributed by atoms with Gasteiger partial charge in [0.2, 0.25) is 0 Å². The van der Waals surface area contributed by atoms with Gasteiger partial charge >= 0.3 is 0 Å². The van der Waals surface area contributed by atoms with Crippen molar-refractivity contribution in [3.05, 3.63) is 41.2 Å². The van der Waals surface area contributed by atoms with Gasteiger partial charge in [0, 0.05) is 18.5 Å². The number of carbonyl (C=O) groups is 2. The van der Waals surface area contributed by atoms with Crippen molar-refractivity contribution < 1.29 is 9.59 Å². The van der Waals surface area contributed by atoms with Gasteiger partial charge in [-0.1, -0.05) is 5.21 Å². The summed E-state index contributed by atoms with van der Waals surface area (Å²) in [5.74, 6) is 0.106. The zero-order chi connectivity index (χ0) is 16.8. The number of nitrogens with zero attached hydrogens (tertiary/aromatic N) is 3. The number of nitrogens with one attached hydrogen (secondary N) is 1. The first-order valence-electron chi connectivity index (χ1n) is 7.20. The van der Waals surface area contributed by atoms with Crippen LogP contribution in [0, 0.1) is 0 Å². The Hall–Kier alpha value is -2.35. The summed E-state index contributed by atoms with van der Waals surface area (Å²) in [6, 6.07) is 6.97. The number of carbonyl (C=O) groups excluding carboxylic acids is 2. The number of benzene rings is 1. The van der Waals surface area contributed by atoms with Crippen LogP contribution in [0.15, 0.2) is 24.3 Å². The minimum Gasteiger partial charge on any atom is -0.364 e.